The summed E-state index contributed by atoms with van der Waals surface area (Å²) in [5.41, 5.74) is -0.391. The van der Waals surface area contributed by atoms with E-state index in [2.05, 4.69) is 0 Å². The Labute approximate surface area is 120 Å². The maximum absolute atomic E-state index is 12.8. The number of halogens is 3. The van der Waals surface area contributed by atoms with E-state index in [0.29, 0.717) is 31.9 Å². The molecule has 1 unspecified atom stereocenters. The van der Waals surface area contributed by atoms with Crippen LogP contribution in [0, 0.1) is 0 Å². The van der Waals surface area contributed by atoms with Crippen molar-refractivity contribution in [1.82, 2.24) is 4.90 Å². The Balaban J connectivity index is 2.29. The number of benzene rings is 1. The van der Waals surface area contributed by atoms with Gasteiger partial charge in [0, 0.05) is 19.1 Å². The van der Waals surface area contributed by atoms with Crippen molar-refractivity contribution in [3.63, 3.8) is 0 Å². The molecule has 1 aromatic rings. The number of carboxylic acid groups (broad SMARTS) is 1. The van der Waals surface area contributed by atoms with E-state index in [1.165, 1.54) is 12.1 Å². The van der Waals surface area contributed by atoms with Crippen LogP contribution in [0.2, 0.25) is 0 Å². The number of carboxylic acids is 1. The lowest BCUT2D eigenvalue weighted by atomic mass is 9.99. The van der Waals surface area contributed by atoms with Crippen molar-refractivity contribution in [2.75, 3.05) is 26.3 Å². The molecule has 0 spiro atoms. The van der Waals surface area contributed by atoms with Crippen molar-refractivity contribution in [3.05, 3.63) is 35.4 Å². The molecule has 1 fully saturated rings. The Morgan fingerprint density at radius 2 is 2.00 bits per heavy atom. The number of ether oxygens (including phenoxy) is 1. The topological polar surface area (TPSA) is 49.8 Å². The molecular formula is C14H16F3NO3. The fraction of sp³-hybridized carbons (Fsp3) is 0.500. The van der Waals surface area contributed by atoms with Crippen LogP contribution in [0.5, 0.6) is 0 Å². The minimum Gasteiger partial charge on any atom is -0.481 e. The molecular weight excluding hydrogens is 287 g/mol. The van der Waals surface area contributed by atoms with Crippen molar-refractivity contribution in [2.24, 2.45) is 0 Å². The van der Waals surface area contributed by atoms with Gasteiger partial charge in [0.2, 0.25) is 0 Å². The molecule has 0 bridgehead atoms. The van der Waals surface area contributed by atoms with Crippen LogP contribution in [-0.4, -0.2) is 42.3 Å². The van der Waals surface area contributed by atoms with E-state index >= 15 is 0 Å². The molecule has 1 aromatic carbocycles. The number of alkyl halides is 3. The predicted octanol–water partition coefficient (Wildman–Crippen LogP) is 2.55. The summed E-state index contributed by atoms with van der Waals surface area (Å²) < 4.78 is 43.6. The minimum atomic E-state index is -4.44. The first kappa shape index (κ1) is 15.8. The molecule has 1 saturated heterocycles. The Hall–Kier alpha value is -1.60. The van der Waals surface area contributed by atoms with Crippen molar-refractivity contribution in [3.8, 4) is 0 Å². The Kier molecular flexibility index (Phi) is 4.84. The van der Waals surface area contributed by atoms with Crippen LogP contribution in [0.15, 0.2) is 24.3 Å². The van der Waals surface area contributed by atoms with Crippen LogP contribution in [0.4, 0.5) is 13.2 Å². The van der Waals surface area contributed by atoms with Gasteiger partial charge in [-0.15, -0.1) is 0 Å². The molecule has 1 N–H and O–H groups in total. The van der Waals surface area contributed by atoms with Crippen LogP contribution in [0.1, 0.15) is 23.6 Å². The zero-order valence-electron chi connectivity index (χ0n) is 11.3. The van der Waals surface area contributed by atoms with E-state index in [9.17, 15) is 18.0 Å². The largest absolute Gasteiger partial charge is 0.481 e. The number of hydrogen-bond donors (Lipinski definition) is 1. The molecule has 0 aliphatic carbocycles. The van der Waals surface area contributed by atoms with Gasteiger partial charge in [0.05, 0.1) is 25.2 Å². The van der Waals surface area contributed by atoms with Gasteiger partial charge in [-0.25, -0.2) is 0 Å². The van der Waals surface area contributed by atoms with Crippen LogP contribution in [-0.2, 0) is 15.7 Å². The molecule has 1 heterocycles. The molecule has 4 nitrogen and oxygen atoms in total. The number of nitrogens with zero attached hydrogens (tertiary/aromatic N) is 1. The first-order valence-electron chi connectivity index (χ1n) is 6.58. The lowest BCUT2D eigenvalue weighted by Crippen LogP contribution is -2.40. The van der Waals surface area contributed by atoms with Crippen molar-refractivity contribution in [2.45, 2.75) is 18.6 Å². The molecule has 2 rings (SSSR count). The summed E-state index contributed by atoms with van der Waals surface area (Å²) in [7, 11) is 0. The molecule has 7 heteroatoms. The van der Waals surface area contributed by atoms with Gasteiger partial charge in [-0.3, -0.25) is 9.69 Å². The highest BCUT2D eigenvalue weighted by atomic mass is 19.4. The fourth-order valence-electron chi connectivity index (χ4n) is 2.43. The van der Waals surface area contributed by atoms with Crippen LogP contribution in [0.3, 0.4) is 0 Å². The van der Waals surface area contributed by atoms with Crippen molar-refractivity contribution in [1.29, 1.82) is 0 Å². The average molecular weight is 303 g/mol. The van der Waals surface area contributed by atoms with E-state index in [4.69, 9.17) is 9.84 Å². The van der Waals surface area contributed by atoms with E-state index in [1.807, 2.05) is 4.90 Å². The van der Waals surface area contributed by atoms with Gasteiger partial charge < -0.3 is 9.84 Å². The molecule has 1 aliphatic heterocycles. The summed E-state index contributed by atoms with van der Waals surface area (Å²) in [6, 6.07) is 4.30. The van der Waals surface area contributed by atoms with Crippen LogP contribution >= 0.6 is 0 Å². The highest BCUT2D eigenvalue weighted by Crippen LogP contribution is 2.33. The maximum atomic E-state index is 12.8. The summed E-state index contributed by atoms with van der Waals surface area (Å²) in [5, 5.41) is 9.02. The summed E-state index contributed by atoms with van der Waals surface area (Å²) in [6.07, 6.45) is -4.67. The van der Waals surface area contributed by atoms with Gasteiger partial charge in [-0.1, -0.05) is 12.1 Å². The first-order valence-corrected chi connectivity index (χ1v) is 6.58. The SMILES string of the molecule is O=C(O)CC(c1cccc(C(F)(F)F)c1)N1CCOCC1. The van der Waals surface area contributed by atoms with Crippen molar-refractivity contribution >= 4 is 5.97 Å². The summed E-state index contributed by atoms with van der Waals surface area (Å²) in [4.78, 5) is 12.9. The standard InChI is InChI=1S/C14H16F3NO3/c15-14(16,17)11-3-1-2-10(8-11)12(9-13(19)20)18-4-6-21-7-5-18/h1-3,8,12H,4-7,9H2,(H,19,20). The summed E-state index contributed by atoms with van der Waals surface area (Å²) in [5.74, 6) is -1.04. The Morgan fingerprint density at radius 3 is 2.57 bits per heavy atom. The number of morpholine rings is 1. The van der Waals surface area contributed by atoms with E-state index in [-0.39, 0.29) is 6.42 Å². The summed E-state index contributed by atoms with van der Waals surface area (Å²) >= 11 is 0. The molecule has 0 aromatic heterocycles. The van der Waals surface area contributed by atoms with Crippen LogP contribution in [0.25, 0.3) is 0 Å². The van der Waals surface area contributed by atoms with Gasteiger partial charge in [0.25, 0.3) is 0 Å². The third-order valence-corrected chi connectivity index (χ3v) is 3.45. The minimum absolute atomic E-state index is 0.235. The number of carbonyl (C=O) groups is 1. The van der Waals surface area contributed by atoms with Gasteiger partial charge in [0.1, 0.15) is 0 Å². The molecule has 0 amide bonds. The Morgan fingerprint density at radius 1 is 1.33 bits per heavy atom. The third-order valence-electron chi connectivity index (χ3n) is 3.45. The van der Waals surface area contributed by atoms with Crippen LogP contribution < -0.4 is 0 Å². The van der Waals surface area contributed by atoms with E-state index < -0.39 is 23.8 Å². The Bertz CT molecular complexity index is 498. The molecule has 1 atom stereocenters. The maximum Gasteiger partial charge on any atom is 0.416 e. The van der Waals surface area contributed by atoms with E-state index in [1.54, 1.807) is 0 Å². The molecule has 0 saturated carbocycles. The molecule has 116 valence electrons. The third kappa shape index (κ3) is 4.18. The van der Waals surface area contributed by atoms with Gasteiger partial charge in [0.15, 0.2) is 0 Å². The summed E-state index contributed by atoms with van der Waals surface area (Å²) in [6.45, 7) is 1.92. The molecule has 0 radical (unpaired) electrons. The smallest absolute Gasteiger partial charge is 0.416 e. The molecule has 21 heavy (non-hydrogen) atoms. The predicted molar refractivity (Wildman–Crippen MR) is 68.8 cm³/mol. The lowest BCUT2D eigenvalue weighted by molar-refractivity contribution is -0.139. The van der Waals surface area contributed by atoms with Gasteiger partial charge >= 0.3 is 12.1 Å². The normalized spacial score (nSPS) is 18.4. The van der Waals surface area contributed by atoms with Gasteiger partial charge in [-0.2, -0.15) is 13.2 Å². The second-order valence-corrected chi connectivity index (χ2v) is 4.89. The zero-order valence-corrected chi connectivity index (χ0v) is 11.3. The highest BCUT2D eigenvalue weighted by Gasteiger charge is 2.32. The highest BCUT2D eigenvalue weighted by molar-refractivity contribution is 5.68. The fourth-order valence-corrected chi connectivity index (χ4v) is 2.43. The first-order chi connectivity index (χ1) is 9.88. The van der Waals surface area contributed by atoms with E-state index in [0.717, 1.165) is 12.1 Å². The molecule has 1 aliphatic rings. The van der Waals surface area contributed by atoms with Gasteiger partial charge in [-0.05, 0) is 17.7 Å². The number of aliphatic carboxylic acids is 1. The number of rotatable bonds is 4. The monoisotopic (exact) mass is 303 g/mol. The zero-order chi connectivity index (χ0) is 15.5. The quantitative estimate of drug-likeness (QED) is 0.929. The second-order valence-electron chi connectivity index (χ2n) is 4.89. The average Bonchev–Trinajstić information content (AvgIpc) is 2.45. The van der Waals surface area contributed by atoms with Crippen molar-refractivity contribution < 1.29 is 27.8 Å². The second kappa shape index (κ2) is 6.44. The number of hydrogen-bond acceptors (Lipinski definition) is 3. The lowest BCUT2D eigenvalue weighted by Gasteiger charge is -2.34.